The molecule has 1 N–H and O–H groups in total. The molecular formula is C12H10F3NO3. The van der Waals surface area contributed by atoms with Crippen LogP contribution in [0.1, 0.15) is 18.6 Å². The minimum Gasteiger partial charge on any atom is -0.460 e. The first kappa shape index (κ1) is 13.3. The summed E-state index contributed by atoms with van der Waals surface area (Å²) in [5, 5.41) is 0.510. The number of rotatable bonds is 4. The van der Waals surface area contributed by atoms with Gasteiger partial charge < -0.3 is 14.5 Å². The topological polar surface area (TPSA) is 51.3 Å². The number of hydrogen-bond donors (Lipinski definition) is 1. The van der Waals surface area contributed by atoms with E-state index in [0.717, 1.165) is 0 Å². The van der Waals surface area contributed by atoms with Crippen LogP contribution in [-0.2, 0) is 9.53 Å². The zero-order valence-corrected chi connectivity index (χ0v) is 9.82. The second-order valence-electron chi connectivity index (χ2n) is 3.87. The van der Waals surface area contributed by atoms with Crippen molar-refractivity contribution in [1.29, 1.82) is 0 Å². The van der Waals surface area contributed by atoms with E-state index in [9.17, 15) is 18.0 Å². The van der Waals surface area contributed by atoms with Gasteiger partial charge >= 0.3 is 6.36 Å². The van der Waals surface area contributed by atoms with Gasteiger partial charge in [-0.2, -0.15) is 0 Å². The third-order valence-electron chi connectivity index (χ3n) is 2.62. The maximum Gasteiger partial charge on any atom is 0.573 e. The zero-order chi connectivity index (χ0) is 14.0. The molecule has 7 heteroatoms. The highest BCUT2D eigenvalue weighted by Gasteiger charge is 2.31. The molecule has 0 fully saturated rings. The van der Waals surface area contributed by atoms with Crippen molar-refractivity contribution >= 4 is 17.4 Å². The van der Waals surface area contributed by atoms with Crippen molar-refractivity contribution in [2.24, 2.45) is 0 Å². The van der Waals surface area contributed by atoms with Crippen LogP contribution in [0.4, 0.5) is 13.2 Å². The molecule has 0 amide bonds. The maximum atomic E-state index is 12.1. The number of nitrogens with one attached hydrogen (secondary N) is 1. The summed E-state index contributed by atoms with van der Waals surface area (Å²) in [6, 6.07) is 3.92. The van der Waals surface area contributed by atoms with Crippen LogP contribution in [0.2, 0.25) is 0 Å². The molecule has 0 saturated heterocycles. The maximum absolute atomic E-state index is 12.1. The Labute approximate surface area is 106 Å². The molecule has 0 radical (unpaired) electrons. The Hall–Kier alpha value is -2.18. The van der Waals surface area contributed by atoms with E-state index in [4.69, 9.17) is 4.74 Å². The van der Waals surface area contributed by atoms with Crippen LogP contribution in [0, 0.1) is 0 Å². The summed E-state index contributed by atoms with van der Waals surface area (Å²) in [6.45, 7) is 1.91. The van der Waals surface area contributed by atoms with Gasteiger partial charge in [-0.15, -0.1) is 13.2 Å². The van der Waals surface area contributed by atoms with Gasteiger partial charge in [0.25, 0.3) is 6.47 Å². The van der Waals surface area contributed by atoms with Gasteiger partial charge in [-0.05, 0) is 25.1 Å². The average molecular weight is 273 g/mol. The van der Waals surface area contributed by atoms with Gasteiger partial charge in [-0.1, -0.05) is 0 Å². The molecule has 0 saturated carbocycles. The zero-order valence-electron chi connectivity index (χ0n) is 9.82. The number of fused-ring (bicyclic) bond motifs is 1. The quantitative estimate of drug-likeness (QED) is 0.869. The number of carbonyl (C=O) groups is 1. The minimum absolute atomic E-state index is 0.291. The molecule has 1 atom stereocenters. The molecular weight excluding hydrogens is 263 g/mol. The highest BCUT2D eigenvalue weighted by molar-refractivity contribution is 5.85. The van der Waals surface area contributed by atoms with E-state index >= 15 is 0 Å². The molecule has 0 aliphatic carbocycles. The number of hydrogen-bond acceptors (Lipinski definition) is 3. The highest BCUT2D eigenvalue weighted by Crippen LogP contribution is 2.31. The van der Waals surface area contributed by atoms with Gasteiger partial charge in [0.15, 0.2) is 0 Å². The van der Waals surface area contributed by atoms with Crippen molar-refractivity contribution in [2.45, 2.75) is 19.4 Å². The van der Waals surface area contributed by atoms with Gasteiger partial charge in [0.05, 0.1) is 0 Å². The molecule has 4 nitrogen and oxygen atoms in total. The Balaban J connectivity index is 2.39. The Kier molecular flexibility index (Phi) is 3.37. The van der Waals surface area contributed by atoms with Crippen LogP contribution in [0.25, 0.3) is 10.9 Å². The van der Waals surface area contributed by atoms with E-state index in [1.165, 1.54) is 18.2 Å². The Bertz CT molecular complexity index is 591. The molecule has 0 spiro atoms. The van der Waals surface area contributed by atoms with E-state index in [1.54, 1.807) is 13.1 Å². The van der Waals surface area contributed by atoms with Crippen molar-refractivity contribution in [1.82, 2.24) is 4.98 Å². The van der Waals surface area contributed by atoms with Crippen LogP contribution in [0.5, 0.6) is 5.75 Å². The largest absolute Gasteiger partial charge is 0.573 e. The second kappa shape index (κ2) is 4.83. The number of H-pyrrole nitrogens is 1. The van der Waals surface area contributed by atoms with E-state index in [-0.39, 0.29) is 5.75 Å². The molecule has 0 bridgehead atoms. The Morgan fingerprint density at radius 1 is 1.37 bits per heavy atom. The van der Waals surface area contributed by atoms with Gasteiger partial charge in [-0.3, -0.25) is 4.79 Å². The summed E-state index contributed by atoms with van der Waals surface area (Å²) in [5.74, 6) is -0.320. The van der Waals surface area contributed by atoms with Crippen LogP contribution >= 0.6 is 0 Å². The molecule has 2 rings (SSSR count). The minimum atomic E-state index is -4.74. The molecule has 19 heavy (non-hydrogen) atoms. The Morgan fingerprint density at radius 2 is 2.11 bits per heavy atom. The van der Waals surface area contributed by atoms with Crippen molar-refractivity contribution in [2.75, 3.05) is 0 Å². The number of ether oxygens (including phenoxy) is 2. The van der Waals surface area contributed by atoms with E-state index in [2.05, 4.69) is 9.72 Å². The average Bonchev–Trinajstić information content (AvgIpc) is 2.70. The number of aromatic amines is 1. The first-order chi connectivity index (χ1) is 8.90. The second-order valence-corrected chi connectivity index (χ2v) is 3.87. The van der Waals surface area contributed by atoms with Gasteiger partial charge in [0.1, 0.15) is 11.9 Å². The lowest BCUT2D eigenvalue weighted by molar-refractivity contribution is -0.274. The first-order valence-corrected chi connectivity index (χ1v) is 5.36. The van der Waals surface area contributed by atoms with Gasteiger partial charge in [0.2, 0.25) is 0 Å². The number of benzene rings is 1. The SMILES string of the molecule is CC(OC=O)c1c[nH]c2ccc(OC(F)(F)F)cc12. The monoisotopic (exact) mass is 273 g/mol. The summed E-state index contributed by atoms with van der Waals surface area (Å²) < 4.78 is 45.1. The lowest BCUT2D eigenvalue weighted by Crippen LogP contribution is -2.17. The van der Waals surface area contributed by atoms with Crippen molar-refractivity contribution < 1.29 is 27.4 Å². The third kappa shape index (κ3) is 2.98. The third-order valence-corrected chi connectivity index (χ3v) is 2.62. The molecule has 2 aromatic rings. The van der Waals surface area contributed by atoms with Crippen LogP contribution in [0.3, 0.4) is 0 Å². The summed E-state index contributed by atoms with van der Waals surface area (Å²) >= 11 is 0. The smallest absolute Gasteiger partial charge is 0.460 e. The summed E-state index contributed by atoms with van der Waals surface area (Å²) in [7, 11) is 0. The van der Waals surface area contributed by atoms with E-state index in [1.807, 2.05) is 0 Å². The van der Waals surface area contributed by atoms with E-state index < -0.39 is 12.5 Å². The predicted octanol–water partition coefficient (Wildman–Crippen LogP) is 3.30. The number of carbonyl (C=O) groups excluding carboxylic acids is 1. The number of aromatic nitrogens is 1. The predicted molar refractivity (Wildman–Crippen MR) is 60.5 cm³/mol. The lowest BCUT2D eigenvalue weighted by atomic mass is 10.1. The normalized spacial score (nSPS) is 13.3. The van der Waals surface area contributed by atoms with Crippen molar-refractivity contribution in [3.05, 3.63) is 30.0 Å². The molecule has 1 heterocycles. The molecule has 1 aromatic heterocycles. The summed E-state index contributed by atoms with van der Waals surface area (Å²) in [5.41, 5.74) is 1.21. The number of halogens is 3. The summed E-state index contributed by atoms with van der Waals surface area (Å²) in [6.07, 6.45) is -3.72. The lowest BCUT2D eigenvalue weighted by Gasteiger charge is -2.10. The van der Waals surface area contributed by atoms with Crippen molar-refractivity contribution in [3.8, 4) is 5.75 Å². The first-order valence-electron chi connectivity index (χ1n) is 5.36. The Morgan fingerprint density at radius 3 is 2.74 bits per heavy atom. The standard InChI is InChI=1S/C12H10F3NO3/c1-7(18-6-17)10-5-16-11-3-2-8(4-9(10)11)19-12(13,14)15/h2-7,16H,1H3. The molecule has 102 valence electrons. The van der Waals surface area contributed by atoms with Crippen molar-refractivity contribution in [3.63, 3.8) is 0 Å². The van der Waals surface area contributed by atoms with Crippen LogP contribution < -0.4 is 4.74 Å². The van der Waals surface area contributed by atoms with Gasteiger partial charge in [0, 0.05) is 22.7 Å². The fraction of sp³-hybridized carbons (Fsp3) is 0.250. The summed E-state index contributed by atoms with van der Waals surface area (Å²) in [4.78, 5) is 13.2. The number of alkyl halides is 3. The highest BCUT2D eigenvalue weighted by atomic mass is 19.4. The van der Waals surface area contributed by atoms with Crippen LogP contribution in [-0.4, -0.2) is 17.8 Å². The fourth-order valence-electron chi connectivity index (χ4n) is 1.81. The van der Waals surface area contributed by atoms with Gasteiger partial charge in [-0.25, -0.2) is 0 Å². The molecule has 0 aliphatic rings. The molecule has 0 aliphatic heterocycles. The van der Waals surface area contributed by atoms with E-state index in [0.29, 0.717) is 22.9 Å². The van der Waals surface area contributed by atoms with Crippen LogP contribution in [0.15, 0.2) is 24.4 Å². The molecule has 1 unspecified atom stereocenters. The fourth-order valence-corrected chi connectivity index (χ4v) is 1.81. The molecule has 1 aromatic carbocycles.